The molecule has 1 N–H and O–H groups in total. The molecule has 0 aliphatic rings. The van der Waals surface area contributed by atoms with Crippen molar-refractivity contribution in [3.8, 4) is 0 Å². The molecule has 0 atom stereocenters. The number of hydrogen-bond acceptors (Lipinski definition) is 3. The standard InChI is InChI=1S/C17H25NO2/c1-14(18-13-20-17(2,3)4)12-16(19)11-10-15-8-6-5-7-9-15/h5-9,12,18H,10-11,13H2,1-4H3. The van der Waals surface area contributed by atoms with Crippen molar-refractivity contribution in [3.63, 3.8) is 0 Å². The summed E-state index contributed by atoms with van der Waals surface area (Å²) in [5.41, 5.74) is 1.85. The lowest BCUT2D eigenvalue weighted by Crippen LogP contribution is -2.27. The van der Waals surface area contributed by atoms with Gasteiger partial charge in [-0.1, -0.05) is 30.3 Å². The van der Waals surface area contributed by atoms with Gasteiger partial charge in [-0.25, -0.2) is 0 Å². The van der Waals surface area contributed by atoms with Crippen LogP contribution in [0.3, 0.4) is 0 Å². The Labute approximate surface area is 122 Å². The first kappa shape index (κ1) is 16.4. The van der Waals surface area contributed by atoms with E-state index in [-0.39, 0.29) is 11.4 Å². The van der Waals surface area contributed by atoms with Gasteiger partial charge in [-0.3, -0.25) is 4.79 Å². The summed E-state index contributed by atoms with van der Waals surface area (Å²) in [5, 5.41) is 3.09. The summed E-state index contributed by atoms with van der Waals surface area (Å²) in [7, 11) is 0. The molecule has 1 rings (SSSR count). The highest BCUT2D eigenvalue weighted by Crippen LogP contribution is 2.06. The maximum absolute atomic E-state index is 11.8. The third-order valence-electron chi connectivity index (χ3n) is 2.74. The highest BCUT2D eigenvalue weighted by atomic mass is 16.5. The third-order valence-corrected chi connectivity index (χ3v) is 2.74. The van der Waals surface area contributed by atoms with E-state index in [0.717, 1.165) is 12.1 Å². The van der Waals surface area contributed by atoms with Crippen LogP contribution in [0.4, 0.5) is 0 Å². The van der Waals surface area contributed by atoms with Crippen molar-refractivity contribution in [2.45, 2.75) is 46.1 Å². The van der Waals surface area contributed by atoms with Crippen LogP contribution < -0.4 is 5.32 Å². The summed E-state index contributed by atoms with van der Waals surface area (Å²) >= 11 is 0. The zero-order chi connectivity index (χ0) is 15.0. The average molecular weight is 275 g/mol. The van der Waals surface area contributed by atoms with Crippen molar-refractivity contribution in [1.29, 1.82) is 0 Å². The molecule has 0 saturated carbocycles. The van der Waals surface area contributed by atoms with Crippen LogP contribution in [-0.2, 0) is 16.0 Å². The fraction of sp³-hybridized carbons (Fsp3) is 0.471. The van der Waals surface area contributed by atoms with Crippen molar-refractivity contribution in [2.24, 2.45) is 0 Å². The van der Waals surface area contributed by atoms with Gasteiger partial charge in [0.1, 0.15) is 6.73 Å². The van der Waals surface area contributed by atoms with Crippen molar-refractivity contribution in [3.05, 3.63) is 47.7 Å². The second-order valence-corrected chi connectivity index (χ2v) is 5.86. The average Bonchev–Trinajstić information content (AvgIpc) is 2.36. The van der Waals surface area contributed by atoms with Crippen LogP contribution in [0.15, 0.2) is 42.1 Å². The Balaban J connectivity index is 2.31. The molecule has 0 aliphatic carbocycles. The van der Waals surface area contributed by atoms with E-state index in [4.69, 9.17) is 4.74 Å². The Hall–Kier alpha value is -1.61. The van der Waals surface area contributed by atoms with Crippen LogP contribution in [0, 0.1) is 0 Å². The second-order valence-electron chi connectivity index (χ2n) is 5.86. The summed E-state index contributed by atoms with van der Waals surface area (Å²) < 4.78 is 5.55. The van der Waals surface area contributed by atoms with Crippen molar-refractivity contribution >= 4 is 5.78 Å². The zero-order valence-corrected chi connectivity index (χ0v) is 12.9. The quantitative estimate of drug-likeness (QED) is 0.612. The van der Waals surface area contributed by atoms with Gasteiger partial charge in [0.15, 0.2) is 5.78 Å². The van der Waals surface area contributed by atoms with Gasteiger partial charge in [0.2, 0.25) is 0 Å². The number of nitrogens with one attached hydrogen (secondary N) is 1. The topological polar surface area (TPSA) is 38.3 Å². The zero-order valence-electron chi connectivity index (χ0n) is 12.9. The first-order chi connectivity index (χ1) is 9.37. The SMILES string of the molecule is CC(=CC(=O)CCc1ccccc1)NCOC(C)(C)C. The molecule has 20 heavy (non-hydrogen) atoms. The first-order valence-electron chi connectivity index (χ1n) is 7.00. The number of hydrogen-bond donors (Lipinski definition) is 1. The molecule has 3 nitrogen and oxygen atoms in total. The summed E-state index contributed by atoms with van der Waals surface area (Å²) in [6, 6.07) is 10.0. The lowest BCUT2D eigenvalue weighted by atomic mass is 10.1. The predicted molar refractivity (Wildman–Crippen MR) is 82.4 cm³/mol. The van der Waals surface area contributed by atoms with Gasteiger partial charge in [-0.2, -0.15) is 0 Å². The Morgan fingerprint density at radius 2 is 1.90 bits per heavy atom. The fourth-order valence-electron chi connectivity index (χ4n) is 1.64. The molecule has 0 heterocycles. The maximum atomic E-state index is 11.8. The van der Waals surface area contributed by atoms with E-state index in [2.05, 4.69) is 5.32 Å². The summed E-state index contributed by atoms with van der Waals surface area (Å²) in [6.45, 7) is 8.29. The highest BCUT2D eigenvalue weighted by Gasteiger charge is 2.09. The van der Waals surface area contributed by atoms with Crippen molar-refractivity contribution < 1.29 is 9.53 Å². The van der Waals surface area contributed by atoms with Crippen LogP contribution in [-0.4, -0.2) is 18.1 Å². The lowest BCUT2D eigenvalue weighted by Gasteiger charge is -2.20. The van der Waals surface area contributed by atoms with Gasteiger partial charge in [-0.15, -0.1) is 0 Å². The molecule has 1 aromatic rings. The summed E-state index contributed by atoms with van der Waals surface area (Å²) in [4.78, 5) is 11.8. The van der Waals surface area contributed by atoms with E-state index in [1.807, 2.05) is 58.0 Å². The Bertz CT molecular complexity index is 444. The molecule has 0 aromatic heterocycles. The maximum Gasteiger partial charge on any atom is 0.157 e. The molecule has 0 bridgehead atoms. The number of rotatable bonds is 7. The van der Waals surface area contributed by atoms with E-state index >= 15 is 0 Å². The molecule has 0 aliphatic heterocycles. The Morgan fingerprint density at radius 3 is 2.50 bits per heavy atom. The normalized spacial score (nSPS) is 12.3. The number of benzene rings is 1. The Kier molecular flexibility index (Phi) is 6.46. The number of aryl methyl sites for hydroxylation is 1. The lowest BCUT2D eigenvalue weighted by molar-refractivity contribution is -0.114. The van der Waals surface area contributed by atoms with E-state index < -0.39 is 0 Å². The molecule has 0 radical (unpaired) electrons. The molecule has 0 spiro atoms. The predicted octanol–water partition coefficient (Wildman–Crippen LogP) is 3.45. The number of ketones is 1. The van der Waals surface area contributed by atoms with Gasteiger partial charge in [0, 0.05) is 12.1 Å². The number of carbonyl (C=O) groups excluding carboxylic acids is 1. The van der Waals surface area contributed by atoms with Crippen LogP contribution in [0.5, 0.6) is 0 Å². The van der Waals surface area contributed by atoms with E-state index in [0.29, 0.717) is 13.2 Å². The molecule has 0 saturated heterocycles. The van der Waals surface area contributed by atoms with Gasteiger partial charge in [0.25, 0.3) is 0 Å². The first-order valence-corrected chi connectivity index (χ1v) is 7.00. The molecule has 1 aromatic carbocycles. The second kappa shape index (κ2) is 7.85. The van der Waals surface area contributed by atoms with Gasteiger partial charge in [0.05, 0.1) is 5.60 Å². The van der Waals surface area contributed by atoms with Gasteiger partial charge < -0.3 is 10.1 Å². The van der Waals surface area contributed by atoms with E-state index in [1.165, 1.54) is 5.56 Å². The van der Waals surface area contributed by atoms with Gasteiger partial charge in [-0.05, 0) is 45.8 Å². The fourth-order valence-corrected chi connectivity index (χ4v) is 1.64. The largest absolute Gasteiger partial charge is 0.366 e. The summed E-state index contributed by atoms with van der Waals surface area (Å²) in [6.07, 6.45) is 2.96. The van der Waals surface area contributed by atoms with Crippen molar-refractivity contribution in [2.75, 3.05) is 6.73 Å². The van der Waals surface area contributed by atoms with Crippen LogP contribution in [0.25, 0.3) is 0 Å². The van der Waals surface area contributed by atoms with E-state index in [1.54, 1.807) is 6.08 Å². The van der Waals surface area contributed by atoms with Crippen LogP contribution in [0.1, 0.15) is 39.7 Å². The van der Waals surface area contributed by atoms with E-state index in [9.17, 15) is 4.79 Å². The molecule has 3 heteroatoms. The Morgan fingerprint density at radius 1 is 1.25 bits per heavy atom. The minimum Gasteiger partial charge on any atom is -0.366 e. The third kappa shape index (κ3) is 7.74. The smallest absolute Gasteiger partial charge is 0.157 e. The molecular formula is C17H25NO2. The monoisotopic (exact) mass is 275 g/mol. The van der Waals surface area contributed by atoms with Crippen LogP contribution in [0.2, 0.25) is 0 Å². The highest BCUT2D eigenvalue weighted by molar-refractivity contribution is 5.90. The molecule has 110 valence electrons. The number of allylic oxidation sites excluding steroid dienone is 2. The van der Waals surface area contributed by atoms with Gasteiger partial charge >= 0.3 is 0 Å². The van der Waals surface area contributed by atoms with Crippen LogP contribution >= 0.6 is 0 Å². The summed E-state index contributed by atoms with van der Waals surface area (Å²) in [5.74, 6) is 0.134. The molecule has 0 unspecified atom stereocenters. The molecule has 0 fully saturated rings. The number of ether oxygens (including phenoxy) is 1. The van der Waals surface area contributed by atoms with Crippen molar-refractivity contribution in [1.82, 2.24) is 5.32 Å². The molecular weight excluding hydrogens is 250 g/mol. The molecule has 0 amide bonds. The minimum atomic E-state index is -0.176. The number of carbonyl (C=O) groups is 1. The minimum absolute atomic E-state index is 0.134.